The molecule has 1 aliphatic rings. The predicted molar refractivity (Wildman–Crippen MR) is 129 cm³/mol. The van der Waals surface area contributed by atoms with Crippen LogP contribution < -0.4 is 0 Å². The van der Waals surface area contributed by atoms with Crippen LogP contribution in [0.1, 0.15) is 43.6 Å². The van der Waals surface area contributed by atoms with Crippen molar-refractivity contribution in [2.24, 2.45) is 0 Å². The summed E-state index contributed by atoms with van der Waals surface area (Å²) in [6.07, 6.45) is 2.20. The first-order chi connectivity index (χ1) is 16.1. The van der Waals surface area contributed by atoms with Crippen molar-refractivity contribution < 1.29 is 31.6 Å². The molecule has 0 spiro atoms. The van der Waals surface area contributed by atoms with Gasteiger partial charge in [-0.05, 0) is 71.3 Å². The Bertz CT molecular complexity index is 1540. The number of rotatable bonds is 3. The number of hydrogen-bond donors (Lipinski definition) is 0. The van der Waals surface area contributed by atoms with E-state index in [1.165, 1.54) is 40.8 Å². The molecular formula is C25H13F4IO3S. The van der Waals surface area contributed by atoms with E-state index in [1.54, 1.807) is 12.1 Å². The van der Waals surface area contributed by atoms with Gasteiger partial charge in [-0.2, -0.15) is 0 Å². The molecule has 0 fully saturated rings. The van der Waals surface area contributed by atoms with Crippen LogP contribution in [0.4, 0.5) is 17.6 Å². The van der Waals surface area contributed by atoms with Crippen LogP contribution in [0.15, 0.2) is 34.3 Å². The maximum absolute atomic E-state index is 14.5. The molecule has 2 aromatic carbocycles. The summed E-state index contributed by atoms with van der Waals surface area (Å²) in [5.74, 6) is -7.35. The molecular weight excluding hydrogens is 583 g/mol. The van der Waals surface area contributed by atoms with E-state index in [0.717, 1.165) is 28.9 Å². The summed E-state index contributed by atoms with van der Waals surface area (Å²) in [6.45, 7) is 3.87. The molecule has 2 heterocycles. The molecule has 0 amide bonds. The SMILES string of the molecule is CCc1cc2c(cc1C)C(=O)/C(=C/c1cc3oc(-c4c(F)c(F)c(F)c(I)c4F)cc3s1)C2=O. The molecule has 1 aliphatic carbocycles. The Morgan fingerprint density at radius 2 is 1.62 bits per heavy atom. The van der Waals surface area contributed by atoms with Crippen LogP contribution in [-0.2, 0) is 6.42 Å². The molecule has 4 aromatic rings. The second kappa shape index (κ2) is 8.16. The second-order valence-corrected chi connectivity index (χ2v) is 10.0. The Kier molecular flexibility index (Phi) is 5.51. The van der Waals surface area contributed by atoms with Crippen LogP contribution in [0.2, 0.25) is 0 Å². The Hall–Kier alpha value is -2.79. The van der Waals surface area contributed by atoms with E-state index in [0.29, 0.717) is 20.7 Å². The third-order valence-electron chi connectivity index (χ3n) is 5.80. The second-order valence-electron chi connectivity index (χ2n) is 7.83. The van der Waals surface area contributed by atoms with Crippen molar-refractivity contribution in [1.82, 2.24) is 0 Å². The minimum Gasteiger partial charge on any atom is -0.455 e. The summed E-state index contributed by atoms with van der Waals surface area (Å²) >= 11 is 2.38. The number of ketones is 2. The molecule has 0 atom stereocenters. The van der Waals surface area contributed by atoms with Crippen molar-refractivity contribution in [2.45, 2.75) is 20.3 Å². The van der Waals surface area contributed by atoms with Gasteiger partial charge in [0.05, 0.1) is 19.4 Å². The van der Waals surface area contributed by atoms with Crippen molar-refractivity contribution in [3.8, 4) is 11.3 Å². The van der Waals surface area contributed by atoms with Crippen molar-refractivity contribution in [3.63, 3.8) is 0 Å². The lowest BCUT2D eigenvalue weighted by atomic mass is 9.99. The number of thiophene rings is 1. The topological polar surface area (TPSA) is 47.3 Å². The third kappa shape index (κ3) is 3.36. The molecule has 0 aliphatic heterocycles. The smallest absolute Gasteiger partial charge is 0.197 e. The van der Waals surface area contributed by atoms with Crippen molar-refractivity contribution in [1.29, 1.82) is 0 Å². The lowest BCUT2D eigenvalue weighted by Gasteiger charge is -2.06. The van der Waals surface area contributed by atoms with Crippen LogP contribution in [0, 0.1) is 33.8 Å². The number of fused-ring (bicyclic) bond motifs is 2. The molecule has 0 saturated heterocycles. The predicted octanol–water partition coefficient (Wildman–Crippen LogP) is 7.66. The number of Topliss-reactive ketones (excluding diaryl/α,β-unsaturated/α-hetero) is 2. The zero-order valence-electron chi connectivity index (χ0n) is 17.6. The Balaban J connectivity index is 1.54. The van der Waals surface area contributed by atoms with Crippen molar-refractivity contribution in [3.05, 3.63) is 83.8 Å². The summed E-state index contributed by atoms with van der Waals surface area (Å²) < 4.78 is 61.5. The highest BCUT2D eigenvalue weighted by Crippen LogP contribution is 2.39. The molecule has 172 valence electrons. The standard InChI is InChI=1S/C25H13F4IO3S/c1-3-10-5-13-12(4-9(10)2)24(31)14(25(13)32)6-11-7-15-17(34-11)8-16(33-15)18-19(26)21(28)22(29)23(30)20(18)27/h4-8H,3H2,1-2H3/b14-6-. The van der Waals surface area contributed by atoms with E-state index in [4.69, 9.17) is 4.42 Å². The number of allylic oxidation sites excluding steroid dienone is 1. The van der Waals surface area contributed by atoms with E-state index < -0.39 is 32.4 Å². The van der Waals surface area contributed by atoms with Crippen LogP contribution in [0.3, 0.4) is 0 Å². The van der Waals surface area contributed by atoms with E-state index in [2.05, 4.69) is 0 Å². The molecule has 9 heteroatoms. The Morgan fingerprint density at radius 1 is 0.941 bits per heavy atom. The highest BCUT2D eigenvalue weighted by atomic mass is 127. The van der Waals surface area contributed by atoms with Gasteiger partial charge >= 0.3 is 0 Å². The fourth-order valence-electron chi connectivity index (χ4n) is 4.05. The fraction of sp³-hybridized carbons (Fsp3) is 0.120. The molecule has 5 rings (SSSR count). The van der Waals surface area contributed by atoms with E-state index >= 15 is 0 Å². The zero-order valence-corrected chi connectivity index (χ0v) is 20.6. The average molecular weight is 596 g/mol. The molecule has 3 nitrogen and oxygen atoms in total. The molecule has 0 bridgehead atoms. The number of benzene rings is 2. The number of halogens is 5. The van der Waals surface area contributed by atoms with Crippen LogP contribution in [0.25, 0.3) is 27.7 Å². The van der Waals surface area contributed by atoms with Crippen molar-refractivity contribution >= 4 is 61.9 Å². The van der Waals surface area contributed by atoms with E-state index in [1.807, 2.05) is 13.8 Å². The van der Waals surface area contributed by atoms with Gasteiger partial charge < -0.3 is 4.42 Å². The number of carbonyl (C=O) groups is 2. The summed E-state index contributed by atoms with van der Waals surface area (Å²) in [5, 5.41) is 0. The third-order valence-corrected chi connectivity index (χ3v) is 7.76. The number of aryl methyl sites for hydroxylation is 2. The van der Waals surface area contributed by atoms with Gasteiger partial charge in [-0.3, -0.25) is 9.59 Å². The molecule has 2 aromatic heterocycles. The summed E-state index contributed by atoms with van der Waals surface area (Å²) in [7, 11) is 0. The van der Waals surface area contributed by atoms with Crippen LogP contribution in [-0.4, -0.2) is 11.6 Å². The first-order valence-corrected chi connectivity index (χ1v) is 12.0. The normalized spacial score (nSPS) is 14.6. The minimum absolute atomic E-state index is 0.0269. The monoisotopic (exact) mass is 596 g/mol. The van der Waals surface area contributed by atoms with Gasteiger partial charge in [-0.15, -0.1) is 11.3 Å². The van der Waals surface area contributed by atoms with Crippen molar-refractivity contribution in [2.75, 3.05) is 0 Å². The lowest BCUT2D eigenvalue weighted by molar-refractivity contribution is 0.0990. The van der Waals surface area contributed by atoms with E-state index in [9.17, 15) is 27.2 Å². The minimum atomic E-state index is -1.79. The number of furan rings is 1. The Labute approximate surface area is 208 Å². The van der Waals surface area contributed by atoms with Gasteiger partial charge in [0.2, 0.25) is 0 Å². The van der Waals surface area contributed by atoms with Gasteiger partial charge in [-0.1, -0.05) is 6.92 Å². The first kappa shape index (κ1) is 23.0. The highest BCUT2D eigenvalue weighted by Gasteiger charge is 2.34. The first-order valence-electron chi connectivity index (χ1n) is 10.1. The summed E-state index contributed by atoms with van der Waals surface area (Å²) in [6, 6.07) is 6.31. The summed E-state index contributed by atoms with van der Waals surface area (Å²) in [5.41, 5.74) is 2.13. The van der Waals surface area contributed by atoms with Gasteiger partial charge in [0.25, 0.3) is 0 Å². The molecule has 0 saturated carbocycles. The molecule has 0 radical (unpaired) electrons. The maximum Gasteiger partial charge on any atom is 0.197 e. The largest absolute Gasteiger partial charge is 0.455 e. The van der Waals surface area contributed by atoms with Gasteiger partial charge in [0, 0.05) is 22.1 Å². The zero-order chi connectivity index (χ0) is 24.5. The maximum atomic E-state index is 14.5. The number of carbonyl (C=O) groups excluding carboxylic acids is 2. The van der Waals surface area contributed by atoms with E-state index in [-0.39, 0.29) is 28.5 Å². The van der Waals surface area contributed by atoms with Gasteiger partial charge in [-0.25, -0.2) is 17.6 Å². The highest BCUT2D eigenvalue weighted by molar-refractivity contribution is 14.1. The quantitative estimate of drug-likeness (QED) is 0.0610. The fourth-order valence-corrected chi connectivity index (χ4v) is 5.52. The lowest BCUT2D eigenvalue weighted by Crippen LogP contribution is -2.02. The van der Waals surface area contributed by atoms with Gasteiger partial charge in [0.1, 0.15) is 11.3 Å². The number of hydrogen-bond acceptors (Lipinski definition) is 4. The van der Waals surface area contributed by atoms with Crippen LogP contribution >= 0.6 is 33.9 Å². The van der Waals surface area contributed by atoms with Crippen LogP contribution in [0.5, 0.6) is 0 Å². The molecule has 0 N–H and O–H groups in total. The average Bonchev–Trinajstić information content (AvgIpc) is 3.43. The Morgan fingerprint density at radius 3 is 2.26 bits per heavy atom. The summed E-state index contributed by atoms with van der Waals surface area (Å²) in [4.78, 5) is 26.3. The van der Waals surface area contributed by atoms with Gasteiger partial charge in [0.15, 0.2) is 34.8 Å². The molecule has 0 unspecified atom stereocenters. The molecule has 34 heavy (non-hydrogen) atoms.